The molecule has 2 rings (SSSR count). The lowest BCUT2D eigenvalue weighted by Gasteiger charge is -2.10. The number of carbonyl (C=O) groups is 1. The molecule has 1 amide bonds. The first-order chi connectivity index (χ1) is 13.2. The standard InChI is InChI=1S/C22H26N2O3/c1-2-3-18-4-8-20(9-5-18)26-16-17-27-21-10-6-19(7-11-21)13-15-24-22(25)12-14-23/h4-11H,2-3,12-13,15-17H2,1H3,(H,24,25). The Morgan fingerprint density at radius 3 is 1.93 bits per heavy atom. The lowest BCUT2D eigenvalue weighted by Crippen LogP contribution is -2.24. The Morgan fingerprint density at radius 2 is 1.44 bits per heavy atom. The van der Waals surface area contributed by atoms with Crippen LogP contribution in [-0.4, -0.2) is 25.7 Å². The first kappa shape index (κ1) is 20.3. The summed E-state index contributed by atoms with van der Waals surface area (Å²) in [6, 6.07) is 17.8. The van der Waals surface area contributed by atoms with Gasteiger partial charge in [0.1, 0.15) is 31.1 Å². The highest BCUT2D eigenvalue weighted by atomic mass is 16.5. The van der Waals surface area contributed by atoms with Crippen molar-refractivity contribution >= 4 is 5.91 Å². The van der Waals surface area contributed by atoms with Gasteiger partial charge < -0.3 is 14.8 Å². The van der Waals surface area contributed by atoms with Crippen molar-refractivity contribution in [1.82, 2.24) is 5.32 Å². The molecule has 2 aromatic rings. The summed E-state index contributed by atoms with van der Waals surface area (Å²) in [5.74, 6) is 1.40. The maximum Gasteiger partial charge on any atom is 0.234 e. The highest BCUT2D eigenvalue weighted by Gasteiger charge is 2.01. The van der Waals surface area contributed by atoms with Gasteiger partial charge in [-0.25, -0.2) is 0 Å². The molecule has 2 aromatic carbocycles. The number of hydrogen-bond acceptors (Lipinski definition) is 4. The van der Waals surface area contributed by atoms with E-state index in [1.807, 2.05) is 42.5 Å². The number of ether oxygens (including phenoxy) is 2. The van der Waals surface area contributed by atoms with Crippen molar-refractivity contribution < 1.29 is 14.3 Å². The van der Waals surface area contributed by atoms with Crippen LogP contribution in [0, 0.1) is 11.3 Å². The maximum atomic E-state index is 11.2. The molecule has 0 aliphatic heterocycles. The fraction of sp³-hybridized carbons (Fsp3) is 0.364. The van der Waals surface area contributed by atoms with E-state index in [-0.39, 0.29) is 12.3 Å². The number of amides is 1. The first-order valence-corrected chi connectivity index (χ1v) is 9.28. The maximum absolute atomic E-state index is 11.2. The van der Waals surface area contributed by atoms with Gasteiger partial charge in [0.15, 0.2) is 0 Å². The smallest absolute Gasteiger partial charge is 0.234 e. The van der Waals surface area contributed by atoms with Crippen molar-refractivity contribution in [2.24, 2.45) is 0 Å². The second-order valence-electron chi connectivity index (χ2n) is 6.17. The Bertz CT molecular complexity index is 734. The molecule has 0 unspecified atom stereocenters. The predicted molar refractivity (Wildman–Crippen MR) is 105 cm³/mol. The molecule has 0 aromatic heterocycles. The zero-order valence-electron chi connectivity index (χ0n) is 15.7. The lowest BCUT2D eigenvalue weighted by molar-refractivity contribution is -0.120. The molecule has 27 heavy (non-hydrogen) atoms. The lowest BCUT2D eigenvalue weighted by atomic mass is 10.1. The van der Waals surface area contributed by atoms with Gasteiger partial charge >= 0.3 is 0 Å². The minimum absolute atomic E-state index is 0.0995. The Labute approximate surface area is 160 Å². The van der Waals surface area contributed by atoms with Gasteiger partial charge in [0.25, 0.3) is 0 Å². The van der Waals surface area contributed by atoms with Crippen LogP contribution in [0.5, 0.6) is 11.5 Å². The molecule has 142 valence electrons. The summed E-state index contributed by atoms with van der Waals surface area (Å²) in [4.78, 5) is 11.2. The number of benzene rings is 2. The summed E-state index contributed by atoms with van der Waals surface area (Å²) in [6.07, 6.45) is 2.85. The molecule has 0 atom stereocenters. The van der Waals surface area contributed by atoms with Gasteiger partial charge in [0.05, 0.1) is 6.07 Å². The number of aryl methyl sites for hydroxylation is 1. The average Bonchev–Trinajstić information content (AvgIpc) is 2.68. The molecule has 0 aliphatic carbocycles. The van der Waals surface area contributed by atoms with Gasteiger partial charge in [-0.1, -0.05) is 37.6 Å². The zero-order chi connectivity index (χ0) is 19.3. The largest absolute Gasteiger partial charge is 0.490 e. The van der Waals surface area contributed by atoms with Crippen LogP contribution in [-0.2, 0) is 17.6 Å². The zero-order valence-corrected chi connectivity index (χ0v) is 15.7. The van der Waals surface area contributed by atoms with E-state index in [1.165, 1.54) is 5.56 Å². The molecule has 0 saturated heterocycles. The third kappa shape index (κ3) is 7.83. The summed E-state index contributed by atoms with van der Waals surface area (Å²) in [7, 11) is 0. The number of nitriles is 1. The molecule has 5 heteroatoms. The third-order valence-corrected chi connectivity index (χ3v) is 3.98. The second kappa shape index (κ2) is 11.6. The average molecular weight is 366 g/mol. The van der Waals surface area contributed by atoms with Crippen LogP contribution in [0.4, 0.5) is 0 Å². The van der Waals surface area contributed by atoms with Crippen LogP contribution >= 0.6 is 0 Å². The van der Waals surface area contributed by atoms with E-state index in [2.05, 4.69) is 24.4 Å². The van der Waals surface area contributed by atoms with Crippen LogP contribution in [0.15, 0.2) is 48.5 Å². The van der Waals surface area contributed by atoms with Crippen LogP contribution in [0.2, 0.25) is 0 Å². The van der Waals surface area contributed by atoms with Crippen LogP contribution in [0.3, 0.4) is 0 Å². The molecule has 0 radical (unpaired) electrons. The molecule has 5 nitrogen and oxygen atoms in total. The van der Waals surface area contributed by atoms with Crippen LogP contribution in [0.1, 0.15) is 30.9 Å². The van der Waals surface area contributed by atoms with E-state index in [9.17, 15) is 4.79 Å². The number of hydrogen-bond donors (Lipinski definition) is 1. The number of rotatable bonds is 11. The van der Waals surface area contributed by atoms with Crippen molar-refractivity contribution in [3.63, 3.8) is 0 Å². The Balaban J connectivity index is 1.64. The molecular formula is C22H26N2O3. The van der Waals surface area contributed by atoms with E-state index in [0.717, 1.165) is 29.9 Å². The van der Waals surface area contributed by atoms with E-state index in [4.69, 9.17) is 14.7 Å². The van der Waals surface area contributed by atoms with Gasteiger partial charge in [0, 0.05) is 6.54 Å². The summed E-state index contributed by atoms with van der Waals surface area (Å²) in [5, 5.41) is 11.1. The Kier molecular flexibility index (Phi) is 8.72. The monoisotopic (exact) mass is 366 g/mol. The summed E-state index contributed by atoms with van der Waals surface area (Å²) >= 11 is 0. The van der Waals surface area contributed by atoms with Crippen LogP contribution < -0.4 is 14.8 Å². The summed E-state index contributed by atoms with van der Waals surface area (Å²) in [5.41, 5.74) is 2.42. The second-order valence-corrected chi connectivity index (χ2v) is 6.17. The van der Waals surface area contributed by atoms with Gasteiger partial charge in [-0.15, -0.1) is 0 Å². The number of nitrogens with zero attached hydrogens (tertiary/aromatic N) is 1. The van der Waals surface area contributed by atoms with Gasteiger partial charge in [-0.3, -0.25) is 4.79 Å². The third-order valence-electron chi connectivity index (χ3n) is 3.98. The Hall–Kier alpha value is -3.00. The molecule has 0 saturated carbocycles. The fourth-order valence-electron chi connectivity index (χ4n) is 2.59. The van der Waals surface area contributed by atoms with Crippen molar-refractivity contribution in [2.75, 3.05) is 19.8 Å². The molecule has 0 bridgehead atoms. The van der Waals surface area contributed by atoms with Crippen molar-refractivity contribution in [1.29, 1.82) is 5.26 Å². The van der Waals surface area contributed by atoms with Crippen molar-refractivity contribution in [2.45, 2.75) is 32.6 Å². The van der Waals surface area contributed by atoms with E-state index < -0.39 is 0 Å². The highest BCUT2D eigenvalue weighted by molar-refractivity contribution is 5.77. The van der Waals surface area contributed by atoms with E-state index in [0.29, 0.717) is 26.2 Å². The van der Waals surface area contributed by atoms with Crippen molar-refractivity contribution in [3.05, 3.63) is 59.7 Å². The summed E-state index contributed by atoms with van der Waals surface area (Å²) < 4.78 is 11.4. The van der Waals surface area contributed by atoms with Crippen molar-refractivity contribution in [3.8, 4) is 17.6 Å². The first-order valence-electron chi connectivity index (χ1n) is 9.28. The fourth-order valence-corrected chi connectivity index (χ4v) is 2.59. The highest BCUT2D eigenvalue weighted by Crippen LogP contribution is 2.15. The van der Waals surface area contributed by atoms with E-state index >= 15 is 0 Å². The molecule has 0 aliphatic rings. The Morgan fingerprint density at radius 1 is 0.926 bits per heavy atom. The summed E-state index contributed by atoms with van der Waals surface area (Å²) in [6.45, 7) is 3.65. The van der Waals surface area contributed by atoms with Gasteiger partial charge in [-0.2, -0.15) is 5.26 Å². The van der Waals surface area contributed by atoms with Gasteiger partial charge in [-0.05, 0) is 48.2 Å². The number of nitrogens with one attached hydrogen (secondary N) is 1. The van der Waals surface area contributed by atoms with E-state index in [1.54, 1.807) is 0 Å². The molecular weight excluding hydrogens is 340 g/mol. The van der Waals surface area contributed by atoms with Gasteiger partial charge in [0.2, 0.25) is 5.91 Å². The molecule has 0 heterocycles. The number of carbonyl (C=O) groups excluding carboxylic acids is 1. The molecule has 0 fully saturated rings. The molecule has 1 N–H and O–H groups in total. The minimum Gasteiger partial charge on any atom is -0.490 e. The topological polar surface area (TPSA) is 71.3 Å². The predicted octanol–water partition coefficient (Wildman–Crippen LogP) is 3.67. The molecule has 0 spiro atoms. The van der Waals surface area contributed by atoms with Crippen LogP contribution in [0.25, 0.3) is 0 Å². The normalized spacial score (nSPS) is 10.1. The SMILES string of the molecule is CCCc1ccc(OCCOc2ccc(CCNC(=O)CC#N)cc2)cc1. The minimum atomic E-state index is -0.238. The quantitative estimate of drug-likeness (QED) is 0.616.